The molecule has 0 radical (unpaired) electrons. The summed E-state index contributed by atoms with van der Waals surface area (Å²) >= 11 is 0. The van der Waals surface area contributed by atoms with Crippen LogP contribution < -0.4 is 15.4 Å². The summed E-state index contributed by atoms with van der Waals surface area (Å²) in [5, 5.41) is 6.88. The lowest BCUT2D eigenvalue weighted by Gasteiger charge is -2.33. The molecular formula is C23H34IN5O2S. The summed E-state index contributed by atoms with van der Waals surface area (Å²) in [4.78, 5) is 7.45. The molecule has 176 valence electrons. The number of likely N-dealkylation sites (tertiary alicyclic amines) is 1. The highest BCUT2D eigenvalue weighted by molar-refractivity contribution is 14.0. The Hall–Kier alpha value is -1.69. The van der Waals surface area contributed by atoms with E-state index in [9.17, 15) is 8.42 Å². The maximum atomic E-state index is 11.8. The van der Waals surface area contributed by atoms with Crippen LogP contribution in [0.15, 0.2) is 64.5 Å². The van der Waals surface area contributed by atoms with E-state index in [1.165, 1.54) is 12.6 Å². The Morgan fingerprint density at radius 2 is 1.69 bits per heavy atom. The Balaban J connectivity index is 0.00000363. The number of hydrogen-bond donors (Lipinski definition) is 3. The van der Waals surface area contributed by atoms with Crippen LogP contribution in [-0.2, 0) is 23.1 Å². The first-order valence-electron chi connectivity index (χ1n) is 10.8. The molecule has 1 aliphatic rings. The van der Waals surface area contributed by atoms with Gasteiger partial charge in [0.25, 0.3) is 0 Å². The molecule has 1 heterocycles. The normalized spacial score (nSPS) is 15.8. The monoisotopic (exact) mass is 571 g/mol. The molecule has 7 nitrogen and oxygen atoms in total. The van der Waals surface area contributed by atoms with Gasteiger partial charge in [-0.3, -0.25) is 4.90 Å². The highest BCUT2D eigenvalue weighted by Crippen LogP contribution is 2.14. The molecule has 0 spiro atoms. The molecule has 0 atom stereocenters. The van der Waals surface area contributed by atoms with Crippen molar-refractivity contribution in [2.45, 2.75) is 43.8 Å². The van der Waals surface area contributed by atoms with Gasteiger partial charge in [0, 0.05) is 32.2 Å². The van der Waals surface area contributed by atoms with Crippen molar-refractivity contribution in [3.05, 3.63) is 65.7 Å². The molecule has 32 heavy (non-hydrogen) atoms. The first kappa shape index (κ1) is 26.6. The molecule has 0 saturated carbocycles. The Bertz CT molecular complexity index is 944. The molecule has 2 aromatic rings. The van der Waals surface area contributed by atoms with Gasteiger partial charge >= 0.3 is 0 Å². The van der Waals surface area contributed by atoms with Crippen LogP contribution >= 0.6 is 24.0 Å². The van der Waals surface area contributed by atoms with Crippen molar-refractivity contribution in [2.75, 3.05) is 26.7 Å². The molecular weight excluding hydrogens is 537 g/mol. The van der Waals surface area contributed by atoms with E-state index in [4.69, 9.17) is 4.99 Å². The number of nitrogens with zero attached hydrogens (tertiary/aromatic N) is 2. The van der Waals surface area contributed by atoms with Gasteiger partial charge in [0.05, 0.1) is 11.4 Å². The average molecular weight is 572 g/mol. The van der Waals surface area contributed by atoms with E-state index >= 15 is 0 Å². The lowest BCUT2D eigenvalue weighted by atomic mass is 10.0. The molecule has 1 fully saturated rings. The van der Waals surface area contributed by atoms with Gasteiger partial charge in [-0.15, -0.1) is 24.0 Å². The largest absolute Gasteiger partial charge is 0.357 e. The van der Waals surface area contributed by atoms with Crippen LogP contribution in [0, 0.1) is 0 Å². The van der Waals surface area contributed by atoms with Crippen LogP contribution in [0.25, 0.3) is 0 Å². The van der Waals surface area contributed by atoms with E-state index in [0.29, 0.717) is 12.6 Å². The molecule has 1 saturated heterocycles. The second kappa shape index (κ2) is 13.1. The summed E-state index contributed by atoms with van der Waals surface area (Å²) in [6.45, 7) is 6.46. The maximum Gasteiger partial charge on any atom is 0.240 e. The molecule has 0 aliphatic carbocycles. The molecule has 9 heteroatoms. The lowest BCUT2D eigenvalue weighted by molar-refractivity contribution is 0.198. The van der Waals surface area contributed by atoms with Crippen LogP contribution in [0.1, 0.15) is 30.9 Å². The molecule has 3 rings (SSSR count). The van der Waals surface area contributed by atoms with E-state index < -0.39 is 10.0 Å². The van der Waals surface area contributed by atoms with Gasteiger partial charge < -0.3 is 10.6 Å². The quantitative estimate of drug-likeness (QED) is 0.258. The average Bonchev–Trinajstić information content (AvgIpc) is 2.80. The highest BCUT2D eigenvalue weighted by Gasteiger charge is 2.20. The SMILES string of the molecule is CCNC(=NCc1ccc(S(=O)(=O)NC)cc1)NC1CCN(Cc2ccccc2)CC1.I. The minimum atomic E-state index is -3.41. The van der Waals surface area contributed by atoms with Crippen molar-refractivity contribution in [3.8, 4) is 0 Å². The second-order valence-electron chi connectivity index (χ2n) is 7.73. The van der Waals surface area contributed by atoms with Gasteiger partial charge in [-0.1, -0.05) is 42.5 Å². The number of sulfonamides is 1. The number of aliphatic imine (C=N–C) groups is 1. The lowest BCUT2D eigenvalue weighted by Crippen LogP contribution is -2.48. The number of piperidine rings is 1. The zero-order valence-electron chi connectivity index (χ0n) is 18.8. The summed E-state index contributed by atoms with van der Waals surface area (Å²) in [6, 6.07) is 17.8. The molecule has 0 amide bonds. The van der Waals surface area contributed by atoms with E-state index in [1.54, 1.807) is 24.3 Å². The third kappa shape index (κ3) is 8.02. The second-order valence-corrected chi connectivity index (χ2v) is 9.61. The van der Waals surface area contributed by atoms with E-state index in [2.05, 4.69) is 57.5 Å². The van der Waals surface area contributed by atoms with Crippen molar-refractivity contribution in [1.29, 1.82) is 0 Å². The maximum absolute atomic E-state index is 11.8. The predicted molar refractivity (Wildman–Crippen MR) is 141 cm³/mol. The minimum absolute atomic E-state index is 0. The Morgan fingerprint density at radius 3 is 2.28 bits per heavy atom. The van der Waals surface area contributed by atoms with E-state index in [-0.39, 0.29) is 28.9 Å². The fourth-order valence-electron chi connectivity index (χ4n) is 3.65. The van der Waals surface area contributed by atoms with Gasteiger partial charge in [0.15, 0.2) is 5.96 Å². The van der Waals surface area contributed by atoms with Crippen LogP contribution in [0.5, 0.6) is 0 Å². The van der Waals surface area contributed by atoms with Crippen LogP contribution in [0.2, 0.25) is 0 Å². The minimum Gasteiger partial charge on any atom is -0.357 e. The number of benzene rings is 2. The summed E-state index contributed by atoms with van der Waals surface area (Å²) in [5.41, 5.74) is 2.32. The summed E-state index contributed by atoms with van der Waals surface area (Å²) in [7, 11) is -2.00. The highest BCUT2D eigenvalue weighted by atomic mass is 127. The van der Waals surface area contributed by atoms with Crippen molar-refractivity contribution in [2.24, 2.45) is 4.99 Å². The molecule has 1 aliphatic heterocycles. The van der Waals surface area contributed by atoms with E-state index in [1.807, 2.05) is 0 Å². The molecule has 0 unspecified atom stereocenters. The van der Waals surface area contributed by atoms with Crippen LogP contribution in [0.4, 0.5) is 0 Å². The molecule has 3 N–H and O–H groups in total. The standard InChI is InChI=1S/C23H33N5O2S.HI/c1-3-25-23(26-17-19-9-11-22(12-10-19)31(29,30)24-2)27-21-13-15-28(16-14-21)18-20-7-5-4-6-8-20;/h4-12,21,24H,3,13-18H2,1-2H3,(H2,25,26,27);1H. The first-order valence-corrected chi connectivity index (χ1v) is 12.3. The fourth-order valence-corrected chi connectivity index (χ4v) is 4.38. The number of nitrogens with one attached hydrogen (secondary N) is 3. The zero-order valence-corrected chi connectivity index (χ0v) is 21.9. The number of rotatable bonds is 8. The topological polar surface area (TPSA) is 85.8 Å². The molecule has 0 aromatic heterocycles. The summed E-state index contributed by atoms with van der Waals surface area (Å²) in [5.74, 6) is 0.802. The molecule has 2 aromatic carbocycles. The Morgan fingerprint density at radius 1 is 1.03 bits per heavy atom. The van der Waals surface area contributed by atoms with Gasteiger partial charge in [-0.2, -0.15) is 0 Å². The first-order chi connectivity index (χ1) is 15.0. The Kier molecular flexibility index (Phi) is 10.9. The third-order valence-corrected chi connectivity index (χ3v) is 6.87. The fraction of sp³-hybridized carbons (Fsp3) is 0.435. The van der Waals surface area contributed by atoms with Gasteiger partial charge in [0.2, 0.25) is 10.0 Å². The van der Waals surface area contributed by atoms with Crippen molar-refractivity contribution >= 4 is 40.0 Å². The van der Waals surface area contributed by atoms with Crippen LogP contribution in [0.3, 0.4) is 0 Å². The molecule has 0 bridgehead atoms. The van der Waals surface area contributed by atoms with Crippen molar-refractivity contribution in [1.82, 2.24) is 20.3 Å². The van der Waals surface area contributed by atoms with Gasteiger partial charge in [-0.25, -0.2) is 18.1 Å². The van der Waals surface area contributed by atoms with E-state index in [0.717, 1.165) is 50.5 Å². The van der Waals surface area contributed by atoms with Gasteiger partial charge in [-0.05, 0) is 50.1 Å². The summed E-state index contributed by atoms with van der Waals surface area (Å²) < 4.78 is 26.0. The third-order valence-electron chi connectivity index (χ3n) is 5.44. The van der Waals surface area contributed by atoms with Crippen molar-refractivity contribution < 1.29 is 8.42 Å². The Labute approximate surface area is 209 Å². The predicted octanol–water partition coefficient (Wildman–Crippen LogP) is 2.93. The summed E-state index contributed by atoms with van der Waals surface area (Å²) in [6.07, 6.45) is 2.15. The number of hydrogen-bond acceptors (Lipinski definition) is 4. The number of halogens is 1. The number of guanidine groups is 1. The van der Waals surface area contributed by atoms with Crippen molar-refractivity contribution in [3.63, 3.8) is 0 Å². The smallest absolute Gasteiger partial charge is 0.240 e. The van der Waals surface area contributed by atoms with Gasteiger partial charge in [0.1, 0.15) is 0 Å². The van der Waals surface area contributed by atoms with Crippen LogP contribution in [-0.4, -0.2) is 52.0 Å². The zero-order chi connectivity index (χ0) is 22.1.